The van der Waals surface area contributed by atoms with Crippen LogP contribution in [0.4, 0.5) is 0 Å². The minimum atomic E-state index is -0.657. The van der Waals surface area contributed by atoms with Gasteiger partial charge in [-0.1, -0.05) is 35.9 Å². The van der Waals surface area contributed by atoms with E-state index in [9.17, 15) is 9.59 Å². The van der Waals surface area contributed by atoms with Crippen LogP contribution in [0.1, 0.15) is 16.5 Å². The fourth-order valence-corrected chi connectivity index (χ4v) is 3.54. The first-order valence-electron chi connectivity index (χ1n) is 7.01. The zero-order valence-corrected chi connectivity index (χ0v) is 13.4. The highest BCUT2D eigenvalue weighted by atomic mass is 35.5. The second-order valence-electron chi connectivity index (χ2n) is 5.06. The van der Waals surface area contributed by atoms with Crippen LogP contribution in [0.15, 0.2) is 41.8 Å². The summed E-state index contributed by atoms with van der Waals surface area (Å²) in [6.45, 7) is 0.960. The van der Waals surface area contributed by atoms with Gasteiger partial charge in [0.2, 0.25) is 11.8 Å². The van der Waals surface area contributed by atoms with Gasteiger partial charge in [-0.3, -0.25) is 9.59 Å². The van der Waals surface area contributed by atoms with Crippen molar-refractivity contribution < 1.29 is 9.59 Å². The molecule has 1 N–H and O–H groups in total. The standard InChI is InChI=1S/C16H15ClN2O2S/c17-13-6-2-1-5-12(13)15-16(21)18-7-8-19(15)14(20)10-11-4-3-9-22-11/h1-6,9,15H,7-8,10H2,(H,18,21)/t15-/m1/s1. The molecule has 2 heterocycles. The van der Waals surface area contributed by atoms with Gasteiger partial charge >= 0.3 is 0 Å². The number of carbonyl (C=O) groups excluding carboxylic acids is 2. The van der Waals surface area contributed by atoms with E-state index >= 15 is 0 Å². The Kier molecular flexibility index (Phi) is 4.45. The number of halogens is 1. The Hall–Kier alpha value is -1.85. The Bertz CT molecular complexity index is 687. The first-order valence-corrected chi connectivity index (χ1v) is 8.26. The lowest BCUT2D eigenvalue weighted by Gasteiger charge is -2.35. The zero-order valence-electron chi connectivity index (χ0n) is 11.8. The van der Waals surface area contributed by atoms with Crippen LogP contribution < -0.4 is 5.32 Å². The summed E-state index contributed by atoms with van der Waals surface area (Å²) in [7, 11) is 0. The molecule has 1 aliphatic rings. The van der Waals surface area contributed by atoms with Crippen molar-refractivity contribution in [2.45, 2.75) is 12.5 Å². The summed E-state index contributed by atoms with van der Waals surface area (Å²) in [5.41, 5.74) is 0.667. The Morgan fingerprint density at radius 3 is 2.86 bits per heavy atom. The second-order valence-corrected chi connectivity index (χ2v) is 6.50. The molecule has 0 bridgehead atoms. The van der Waals surface area contributed by atoms with Crippen molar-refractivity contribution in [1.82, 2.24) is 10.2 Å². The SMILES string of the molecule is O=C1NCCN(C(=O)Cc2cccs2)[C@@H]1c1ccccc1Cl. The van der Waals surface area contributed by atoms with Crippen molar-refractivity contribution in [3.63, 3.8) is 0 Å². The predicted octanol–water partition coefficient (Wildman–Crippen LogP) is 2.64. The third-order valence-corrected chi connectivity index (χ3v) is 4.86. The molecule has 0 unspecified atom stereocenters. The first kappa shape index (κ1) is 15.1. The molecule has 0 radical (unpaired) electrons. The fourth-order valence-electron chi connectivity index (χ4n) is 2.61. The summed E-state index contributed by atoms with van der Waals surface area (Å²) in [5.74, 6) is -0.235. The Morgan fingerprint density at radius 1 is 1.32 bits per heavy atom. The molecule has 1 aromatic heterocycles. The number of thiophene rings is 1. The normalized spacial score (nSPS) is 18.1. The van der Waals surface area contributed by atoms with Crippen molar-refractivity contribution in [3.05, 3.63) is 57.2 Å². The van der Waals surface area contributed by atoms with E-state index < -0.39 is 6.04 Å². The molecule has 1 aliphatic heterocycles. The van der Waals surface area contributed by atoms with Crippen LogP contribution in [0.2, 0.25) is 5.02 Å². The molecule has 0 aliphatic carbocycles. The van der Waals surface area contributed by atoms with Crippen LogP contribution in [0, 0.1) is 0 Å². The Labute approximate surface area is 137 Å². The minimum Gasteiger partial charge on any atom is -0.352 e. The molecule has 1 aromatic carbocycles. The lowest BCUT2D eigenvalue weighted by Crippen LogP contribution is -2.52. The first-order chi connectivity index (χ1) is 10.7. The number of hydrogen-bond donors (Lipinski definition) is 1. The van der Waals surface area contributed by atoms with Gasteiger partial charge in [0.1, 0.15) is 6.04 Å². The number of hydrogen-bond acceptors (Lipinski definition) is 3. The summed E-state index contributed by atoms with van der Waals surface area (Å²) in [6.07, 6.45) is 0.311. The van der Waals surface area contributed by atoms with Crippen molar-refractivity contribution >= 4 is 34.8 Å². The topological polar surface area (TPSA) is 49.4 Å². The van der Waals surface area contributed by atoms with Gasteiger partial charge in [-0.25, -0.2) is 0 Å². The number of benzene rings is 1. The molecule has 22 heavy (non-hydrogen) atoms. The number of nitrogens with one attached hydrogen (secondary N) is 1. The molecule has 1 saturated heterocycles. The fraction of sp³-hybridized carbons (Fsp3) is 0.250. The second kappa shape index (κ2) is 6.50. The smallest absolute Gasteiger partial charge is 0.247 e. The number of piperazine rings is 1. The number of carbonyl (C=O) groups is 2. The molecule has 1 atom stereocenters. The van der Waals surface area contributed by atoms with Gasteiger partial charge in [-0.2, -0.15) is 0 Å². The molecule has 0 saturated carbocycles. The van der Waals surface area contributed by atoms with Gasteiger partial charge in [-0.05, 0) is 17.5 Å². The van der Waals surface area contributed by atoms with Gasteiger partial charge in [0.15, 0.2) is 0 Å². The van der Waals surface area contributed by atoms with E-state index in [0.717, 1.165) is 4.88 Å². The van der Waals surface area contributed by atoms with Crippen molar-refractivity contribution in [2.75, 3.05) is 13.1 Å². The van der Waals surface area contributed by atoms with E-state index in [2.05, 4.69) is 5.32 Å². The van der Waals surface area contributed by atoms with Gasteiger partial charge in [-0.15, -0.1) is 11.3 Å². The molecule has 4 nitrogen and oxygen atoms in total. The maximum absolute atomic E-state index is 12.6. The lowest BCUT2D eigenvalue weighted by atomic mass is 10.0. The van der Waals surface area contributed by atoms with Gasteiger partial charge in [0.25, 0.3) is 0 Å². The molecule has 114 valence electrons. The molecular weight excluding hydrogens is 320 g/mol. The third-order valence-electron chi connectivity index (χ3n) is 3.64. The largest absolute Gasteiger partial charge is 0.352 e. The monoisotopic (exact) mass is 334 g/mol. The highest BCUT2D eigenvalue weighted by molar-refractivity contribution is 7.10. The number of nitrogens with zero attached hydrogens (tertiary/aromatic N) is 1. The Morgan fingerprint density at radius 2 is 2.14 bits per heavy atom. The molecule has 1 fully saturated rings. The van der Waals surface area contributed by atoms with Gasteiger partial charge < -0.3 is 10.2 Å². The van der Waals surface area contributed by atoms with E-state index in [1.165, 1.54) is 0 Å². The van der Waals surface area contributed by atoms with E-state index in [1.54, 1.807) is 28.4 Å². The summed E-state index contributed by atoms with van der Waals surface area (Å²) in [4.78, 5) is 27.5. The molecular formula is C16H15ClN2O2S. The van der Waals surface area contributed by atoms with E-state index in [1.807, 2.05) is 29.6 Å². The summed E-state index contributed by atoms with van der Waals surface area (Å²) in [6, 6.07) is 10.4. The van der Waals surface area contributed by atoms with Crippen molar-refractivity contribution in [3.8, 4) is 0 Å². The van der Waals surface area contributed by atoms with Gasteiger partial charge in [0, 0.05) is 28.6 Å². The molecule has 6 heteroatoms. The lowest BCUT2D eigenvalue weighted by molar-refractivity contribution is -0.143. The average Bonchev–Trinajstić information content (AvgIpc) is 3.01. The van der Waals surface area contributed by atoms with E-state index in [4.69, 9.17) is 11.6 Å². The minimum absolute atomic E-state index is 0.0535. The quantitative estimate of drug-likeness (QED) is 0.938. The predicted molar refractivity (Wildman–Crippen MR) is 86.9 cm³/mol. The van der Waals surface area contributed by atoms with E-state index in [-0.39, 0.29) is 11.8 Å². The maximum Gasteiger partial charge on any atom is 0.247 e. The number of rotatable bonds is 3. The number of amides is 2. The van der Waals surface area contributed by atoms with Crippen LogP contribution in [-0.4, -0.2) is 29.8 Å². The molecule has 2 amide bonds. The molecule has 3 rings (SSSR count). The van der Waals surface area contributed by atoms with Crippen LogP contribution in [0.5, 0.6) is 0 Å². The van der Waals surface area contributed by atoms with Crippen LogP contribution in [0.25, 0.3) is 0 Å². The summed E-state index contributed by atoms with van der Waals surface area (Å²) < 4.78 is 0. The van der Waals surface area contributed by atoms with Crippen LogP contribution >= 0.6 is 22.9 Å². The summed E-state index contributed by atoms with van der Waals surface area (Å²) >= 11 is 7.76. The van der Waals surface area contributed by atoms with Gasteiger partial charge in [0.05, 0.1) is 6.42 Å². The Balaban J connectivity index is 1.88. The third kappa shape index (κ3) is 3.00. The summed E-state index contributed by atoms with van der Waals surface area (Å²) in [5, 5.41) is 5.25. The van der Waals surface area contributed by atoms with Crippen molar-refractivity contribution in [1.29, 1.82) is 0 Å². The highest BCUT2D eigenvalue weighted by Crippen LogP contribution is 2.30. The molecule has 2 aromatic rings. The average molecular weight is 335 g/mol. The maximum atomic E-state index is 12.6. The van der Waals surface area contributed by atoms with Crippen LogP contribution in [0.3, 0.4) is 0 Å². The zero-order chi connectivity index (χ0) is 15.5. The highest BCUT2D eigenvalue weighted by Gasteiger charge is 2.35. The molecule has 0 spiro atoms. The van der Waals surface area contributed by atoms with E-state index in [0.29, 0.717) is 30.1 Å². The van der Waals surface area contributed by atoms with Crippen molar-refractivity contribution in [2.24, 2.45) is 0 Å². The van der Waals surface area contributed by atoms with Crippen LogP contribution in [-0.2, 0) is 16.0 Å².